The van der Waals surface area contributed by atoms with Gasteiger partial charge < -0.3 is 5.32 Å². The first-order chi connectivity index (χ1) is 7.13. The van der Waals surface area contributed by atoms with Gasteiger partial charge in [-0.2, -0.15) is 0 Å². The van der Waals surface area contributed by atoms with E-state index in [1.54, 1.807) is 0 Å². The minimum absolute atomic E-state index is 0.534. The maximum Gasteiger partial charge on any atom is 0.205 e. The number of rotatable bonds is 3. The minimum atomic E-state index is 0.534. The van der Waals surface area contributed by atoms with Crippen LogP contribution in [0.1, 0.15) is 40.0 Å². The van der Waals surface area contributed by atoms with Crippen LogP contribution in [0.2, 0.25) is 0 Å². The average molecular weight is 212 g/mol. The molecule has 0 heterocycles. The van der Waals surface area contributed by atoms with Crippen LogP contribution in [-0.4, -0.2) is 18.5 Å². The highest BCUT2D eigenvalue weighted by Gasteiger charge is 2.23. The summed E-state index contributed by atoms with van der Waals surface area (Å²) in [5.41, 5.74) is 2.64. The molecule has 0 saturated heterocycles. The third kappa shape index (κ3) is 4.08. The predicted octanol–water partition coefficient (Wildman–Crippen LogP) is 1.24. The lowest BCUT2D eigenvalue weighted by molar-refractivity contribution is 0.480. The van der Waals surface area contributed by atoms with Gasteiger partial charge in [-0.1, -0.05) is 27.2 Å². The zero-order chi connectivity index (χ0) is 11.3. The van der Waals surface area contributed by atoms with Crippen LogP contribution in [0.15, 0.2) is 4.99 Å². The van der Waals surface area contributed by atoms with E-state index >= 15 is 0 Å². The molecule has 0 aromatic rings. The highest BCUT2D eigenvalue weighted by atomic mass is 15.3. The maximum absolute atomic E-state index is 5.44. The van der Waals surface area contributed by atoms with Crippen molar-refractivity contribution in [2.45, 2.75) is 46.1 Å². The monoisotopic (exact) mass is 212 g/mol. The SMILES string of the molecule is CC(C)CN=C(NN)NC1CCCC1C. The Hall–Kier alpha value is -0.770. The Morgan fingerprint density at radius 1 is 1.47 bits per heavy atom. The first-order valence-electron chi connectivity index (χ1n) is 5.91. The van der Waals surface area contributed by atoms with Crippen molar-refractivity contribution in [3.8, 4) is 0 Å². The van der Waals surface area contributed by atoms with Crippen molar-refractivity contribution in [3.63, 3.8) is 0 Å². The van der Waals surface area contributed by atoms with E-state index in [2.05, 4.69) is 36.5 Å². The molecule has 88 valence electrons. The van der Waals surface area contributed by atoms with Crippen LogP contribution < -0.4 is 16.6 Å². The number of nitrogens with one attached hydrogen (secondary N) is 2. The smallest absolute Gasteiger partial charge is 0.205 e. The van der Waals surface area contributed by atoms with Crippen LogP contribution in [-0.2, 0) is 0 Å². The lowest BCUT2D eigenvalue weighted by Gasteiger charge is -2.19. The molecule has 4 N–H and O–H groups in total. The van der Waals surface area contributed by atoms with E-state index in [-0.39, 0.29) is 0 Å². The Bertz CT molecular complexity index is 213. The molecule has 0 bridgehead atoms. The van der Waals surface area contributed by atoms with E-state index in [1.165, 1.54) is 19.3 Å². The highest BCUT2D eigenvalue weighted by molar-refractivity contribution is 5.79. The molecule has 2 atom stereocenters. The van der Waals surface area contributed by atoms with Crippen molar-refractivity contribution in [2.75, 3.05) is 6.54 Å². The topological polar surface area (TPSA) is 62.4 Å². The molecule has 1 aliphatic carbocycles. The van der Waals surface area contributed by atoms with Crippen LogP contribution >= 0.6 is 0 Å². The lowest BCUT2D eigenvalue weighted by atomic mass is 10.1. The van der Waals surface area contributed by atoms with E-state index in [1.807, 2.05) is 0 Å². The van der Waals surface area contributed by atoms with E-state index in [9.17, 15) is 0 Å². The van der Waals surface area contributed by atoms with Crippen molar-refractivity contribution < 1.29 is 0 Å². The second kappa shape index (κ2) is 5.95. The van der Waals surface area contributed by atoms with Gasteiger partial charge in [-0.3, -0.25) is 10.4 Å². The maximum atomic E-state index is 5.44. The van der Waals surface area contributed by atoms with Crippen LogP contribution in [0.3, 0.4) is 0 Å². The van der Waals surface area contributed by atoms with Crippen molar-refractivity contribution >= 4 is 5.96 Å². The minimum Gasteiger partial charge on any atom is -0.352 e. The first kappa shape index (κ1) is 12.3. The summed E-state index contributed by atoms with van der Waals surface area (Å²) in [5, 5.41) is 3.38. The summed E-state index contributed by atoms with van der Waals surface area (Å²) in [5.74, 6) is 7.47. The molecule has 0 amide bonds. The number of nitrogens with two attached hydrogens (primary N) is 1. The molecule has 1 aliphatic rings. The number of hydrogen-bond donors (Lipinski definition) is 3. The largest absolute Gasteiger partial charge is 0.352 e. The molecule has 1 fully saturated rings. The van der Waals surface area contributed by atoms with E-state index in [0.717, 1.165) is 18.4 Å². The van der Waals surface area contributed by atoms with Gasteiger partial charge in [0.25, 0.3) is 0 Å². The first-order valence-corrected chi connectivity index (χ1v) is 5.91. The number of guanidine groups is 1. The molecule has 0 spiro atoms. The standard InChI is InChI=1S/C11H24N4/c1-8(2)7-13-11(15-12)14-10-6-4-5-9(10)3/h8-10H,4-7,12H2,1-3H3,(H2,13,14,15). The van der Waals surface area contributed by atoms with E-state index < -0.39 is 0 Å². The molecule has 0 radical (unpaired) electrons. The molecule has 1 saturated carbocycles. The zero-order valence-corrected chi connectivity index (χ0v) is 10.1. The summed E-state index contributed by atoms with van der Waals surface area (Å²) < 4.78 is 0. The Kier molecular flexibility index (Phi) is 4.88. The molecule has 1 rings (SSSR count). The Labute approximate surface area is 92.7 Å². The van der Waals surface area contributed by atoms with Crippen molar-refractivity contribution in [1.82, 2.24) is 10.7 Å². The van der Waals surface area contributed by atoms with Crippen LogP contribution in [0, 0.1) is 11.8 Å². The van der Waals surface area contributed by atoms with Gasteiger partial charge in [0.15, 0.2) is 0 Å². The fraction of sp³-hybridized carbons (Fsp3) is 0.909. The van der Waals surface area contributed by atoms with Gasteiger partial charge >= 0.3 is 0 Å². The molecule has 0 aromatic carbocycles. The van der Waals surface area contributed by atoms with Gasteiger partial charge in [-0.15, -0.1) is 0 Å². The molecular weight excluding hydrogens is 188 g/mol. The third-order valence-electron chi connectivity index (χ3n) is 2.93. The molecule has 0 aliphatic heterocycles. The average Bonchev–Trinajstić information content (AvgIpc) is 2.58. The number of hydrogen-bond acceptors (Lipinski definition) is 2. The number of nitrogens with zero attached hydrogens (tertiary/aromatic N) is 1. The van der Waals surface area contributed by atoms with Gasteiger partial charge in [-0.05, 0) is 24.7 Å². The third-order valence-corrected chi connectivity index (χ3v) is 2.93. The summed E-state index contributed by atoms with van der Waals surface area (Å²) in [6.07, 6.45) is 3.84. The number of aliphatic imine (C=N–C) groups is 1. The molecule has 0 aromatic heterocycles. The van der Waals surface area contributed by atoms with Gasteiger partial charge in [-0.25, -0.2) is 5.84 Å². The molecule has 4 heteroatoms. The fourth-order valence-electron chi connectivity index (χ4n) is 1.94. The van der Waals surface area contributed by atoms with E-state index in [4.69, 9.17) is 5.84 Å². The normalized spacial score (nSPS) is 27.1. The molecule has 2 unspecified atom stereocenters. The quantitative estimate of drug-likeness (QED) is 0.285. The second-order valence-corrected chi connectivity index (χ2v) is 4.89. The van der Waals surface area contributed by atoms with Gasteiger partial charge in [0.05, 0.1) is 0 Å². The van der Waals surface area contributed by atoms with Crippen LogP contribution in [0.25, 0.3) is 0 Å². The molecule has 4 nitrogen and oxygen atoms in total. The van der Waals surface area contributed by atoms with Crippen molar-refractivity contribution in [2.24, 2.45) is 22.7 Å². The Morgan fingerprint density at radius 3 is 2.67 bits per heavy atom. The summed E-state index contributed by atoms with van der Waals surface area (Å²) in [6, 6.07) is 0.534. The summed E-state index contributed by atoms with van der Waals surface area (Å²) in [4.78, 5) is 4.41. The summed E-state index contributed by atoms with van der Waals surface area (Å²) in [7, 11) is 0. The van der Waals surface area contributed by atoms with Gasteiger partial charge in [0.1, 0.15) is 0 Å². The molecule has 15 heavy (non-hydrogen) atoms. The molecular formula is C11H24N4. The second-order valence-electron chi connectivity index (χ2n) is 4.89. The van der Waals surface area contributed by atoms with Gasteiger partial charge in [0.2, 0.25) is 5.96 Å². The van der Waals surface area contributed by atoms with Crippen molar-refractivity contribution in [1.29, 1.82) is 0 Å². The zero-order valence-electron chi connectivity index (χ0n) is 10.1. The number of hydrazine groups is 1. The summed E-state index contributed by atoms with van der Waals surface area (Å²) in [6.45, 7) is 7.39. The predicted molar refractivity (Wildman–Crippen MR) is 64.4 cm³/mol. The fourth-order valence-corrected chi connectivity index (χ4v) is 1.94. The lowest BCUT2D eigenvalue weighted by Crippen LogP contribution is -2.47. The summed E-state index contributed by atoms with van der Waals surface area (Å²) >= 11 is 0. The Morgan fingerprint density at radius 2 is 2.20 bits per heavy atom. The van der Waals surface area contributed by atoms with Gasteiger partial charge in [0, 0.05) is 12.6 Å². The van der Waals surface area contributed by atoms with E-state index in [0.29, 0.717) is 12.0 Å². The Balaban J connectivity index is 2.42. The van der Waals surface area contributed by atoms with Crippen LogP contribution in [0.4, 0.5) is 0 Å². The van der Waals surface area contributed by atoms with Crippen LogP contribution in [0.5, 0.6) is 0 Å². The highest BCUT2D eigenvalue weighted by Crippen LogP contribution is 2.24. The van der Waals surface area contributed by atoms with Crippen molar-refractivity contribution in [3.05, 3.63) is 0 Å².